The Hall–Kier alpha value is -3.38. The van der Waals surface area contributed by atoms with Gasteiger partial charge in [0.05, 0.1) is 29.5 Å². The first-order valence-electron chi connectivity index (χ1n) is 9.51. The van der Waals surface area contributed by atoms with Gasteiger partial charge in [0.15, 0.2) is 5.65 Å². The molecule has 3 heterocycles. The number of nitrogens with zero attached hydrogens (tertiary/aromatic N) is 5. The summed E-state index contributed by atoms with van der Waals surface area (Å²) in [4.78, 5) is 8.68. The molecule has 1 aromatic carbocycles. The molecule has 162 valence electrons. The summed E-state index contributed by atoms with van der Waals surface area (Å²) in [6.45, 7) is 4.17. The fourth-order valence-electron chi connectivity index (χ4n) is 3.28. The second kappa shape index (κ2) is 8.40. The second-order valence-corrected chi connectivity index (χ2v) is 8.67. The average Bonchev–Trinajstić information content (AvgIpc) is 3.31. The zero-order chi connectivity index (χ0) is 22.0. The van der Waals surface area contributed by atoms with Gasteiger partial charge in [-0.2, -0.15) is 10.2 Å². The van der Waals surface area contributed by atoms with Crippen LogP contribution in [-0.4, -0.2) is 44.9 Å². The van der Waals surface area contributed by atoms with Crippen molar-refractivity contribution in [2.75, 3.05) is 11.9 Å². The molecule has 0 fully saturated rings. The maximum Gasteiger partial charge on any atom is 0.244 e. The van der Waals surface area contributed by atoms with Crippen LogP contribution in [0, 0.1) is 19.7 Å². The Morgan fingerprint density at radius 2 is 1.94 bits per heavy atom. The summed E-state index contributed by atoms with van der Waals surface area (Å²) in [7, 11) is -3.69. The molecule has 4 rings (SSSR count). The standard InChI is InChI=1S/C19H21FN8O2S/c1-12-17(13(2)27-26-12)31(29,30)25-7-8-28-19-16(10-24-28)18(22-11-23-19)21-9-14-3-5-15(20)6-4-14/h3-6,10-11,25H,7-9H2,1-2H3,(H,26,27)(H,21,22,23). The number of hydrogen-bond donors (Lipinski definition) is 3. The Morgan fingerprint density at radius 1 is 1.16 bits per heavy atom. The lowest BCUT2D eigenvalue weighted by Crippen LogP contribution is -2.28. The van der Waals surface area contributed by atoms with Crippen molar-refractivity contribution in [3.8, 4) is 0 Å². The van der Waals surface area contributed by atoms with Gasteiger partial charge in [0.1, 0.15) is 22.9 Å². The third-order valence-corrected chi connectivity index (χ3v) is 6.47. The van der Waals surface area contributed by atoms with Gasteiger partial charge in [-0.15, -0.1) is 0 Å². The Bertz CT molecular complexity index is 1300. The lowest BCUT2D eigenvalue weighted by atomic mass is 10.2. The number of rotatable bonds is 8. The third-order valence-electron chi connectivity index (χ3n) is 4.75. The van der Waals surface area contributed by atoms with Crippen molar-refractivity contribution in [2.45, 2.75) is 31.8 Å². The highest BCUT2D eigenvalue weighted by Gasteiger charge is 2.22. The molecule has 0 unspecified atom stereocenters. The molecular formula is C19H21FN8O2S. The predicted octanol–water partition coefficient (Wildman–Crippen LogP) is 1.90. The molecule has 3 aromatic heterocycles. The van der Waals surface area contributed by atoms with Crippen molar-refractivity contribution < 1.29 is 12.8 Å². The van der Waals surface area contributed by atoms with Gasteiger partial charge in [-0.25, -0.2) is 32.2 Å². The SMILES string of the molecule is Cc1n[nH]c(C)c1S(=O)(=O)NCCn1ncc2c(NCc3ccc(F)cc3)ncnc21. The van der Waals surface area contributed by atoms with Crippen LogP contribution in [-0.2, 0) is 23.1 Å². The number of nitrogens with one attached hydrogen (secondary N) is 3. The molecule has 0 aliphatic carbocycles. The van der Waals surface area contributed by atoms with Gasteiger partial charge < -0.3 is 5.32 Å². The van der Waals surface area contributed by atoms with E-state index in [1.54, 1.807) is 36.9 Å². The first-order chi connectivity index (χ1) is 14.8. The fraction of sp³-hybridized carbons (Fsp3) is 0.263. The van der Waals surface area contributed by atoms with Gasteiger partial charge in [0.25, 0.3) is 0 Å². The summed E-state index contributed by atoms with van der Waals surface area (Å²) in [5, 5.41) is 14.8. The summed E-state index contributed by atoms with van der Waals surface area (Å²) in [6, 6.07) is 6.19. The van der Waals surface area contributed by atoms with Gasteiger partial charge in [-0.05, 0) is 31.5 Å². The Balaban J connectivity index is 1.45. The molecule has 3 N–H and O–H groups in total. The van der Waals surface area contributed by atoms with Gasteiger partial charge in [0, 0.05) is 13.1 Å². The number of aromatic nitrogens is 6. The fourth-order valence-corrected chi connectivity index (χ4v) is 4.67. The van der Waals surface area contributed by atoms with Crippen LogP contribution < -0.4 is 10.0 Å². The highest BCUT2D eigenvalue weighted by molar-refractivity contribution is 7.89. The molecular weight excluding hydrogens is 423 g/mol. The quantitative estimate of drug-likeness (QED) is 0.378. The first-order valence-corrected chi connectivity index (χ1v) is 11.0. The van der Waals surface area contributed by atoms with Crippen molar-refractivity contribution >= 4 is 26.9 Å². The number of halogens is 1. The molecule has 12 heteroatoms. The third kappa shape index (κ3) is 4.39. The van der Waals surface area contributed by atoms with Crippen LogP contribution in [0.25, 0.3) is 11.0 Å². The highest BCUT2D eigenvalue weighted by atomic mass is 32.2. The number of H-pyrrole nitrogens is 1. The summed E-state index contributed by atoms with van der Waals surface area (Å²) >= 11 is 0. The van der Waals surface area contributed by atoms with Crippen LogP contribution >= 0.6 is 0 Å². The normalized spacial score (nSPS) is 11.8. The van der Waals surface area contributed by atoms with Crippen molar-refractivity contribution in [1.29, 1.82) is 0 Å². The monoisotopic (exact) mass is 444 g/mol. The Labute approximate surface area is 178 Å². The van der Waals surface area contributed by atoms with Crippen molar-refractivity contribution in [3.05, 3.63) is 59.6 Å². The van der Waals surface area contributed by atoms with Crippen LogP contribution in [0.2, 0.25) is 0 Å². The van der Waals surface area contributed by atoms with Gasteiger partial charge in [-0.3, -0.25) is 5.10 Å². The number of hydrogen-bond acceptors (Lipinski definition) is 7. The summed E-state index contributed by atoms with van der Waals surface area (Å²) in [5.74, 6) is 0.300. The number of aryl methyl sites for hydroxylation is 2. The van der Waals surface area contributed by atoms with E-state index in [9.17, 15) is 12.8 Å². The number of benzene rings is 1. The van der Waals surface area contributed by atoms with Crippen LogP contribution in [0.1, 0.15) is 17.0 Å². The molecule has 10 nitrogen and oxygen atoms in total. The molecule has 4 aromatic rings. The minimum Gasteiger partial charge on any atom is -0.365 e. The van der Waals surface area contributed by atoms with E-state index < -0.39 is 10.0 Å². The lowest BCUT2D eigenvalue weighted by Gasteiger charge is -2.08. The molecule has 0 aliphatic heterocycles. The maximum absolute atomic E-state index is 13.1. The number of anilines is 1. The number of aromatic amines is 1. The van der Waals surface area contributed by atoms with Crippen LogP contribution in [0.4, 0.5) is 10.2 Å². The largest absolute Gasteiger partial charge is 0.365 e. The van der Waals surface area contributed by atoms with Crippen molar-refractivity contribution in [3.63, 3.8) is 0 Å². The Morgan fingerprint density at radius 3 is 2.65 bits per heavy atom. The topological polar surface area (TPSA) is 130 Å². The molecule has 0 atom stereocenters. The number of fused-ring (bicyclic) bond motifs is 1. The molecule has 0 spiro atoms. The smallest absolute Gasteiger partial charge is 0.244 e. The highest BCUT2D eigenvalue weighted by Crippen LogP contribution is 2.20. The van der Waals surface area contributed by atoms with E-state index >= 15 is 0 Å². The first kappa shape index (κ1) is 20.9. The molecule has 0 bridgehead atoms. The summed E-state index contributed by atoms with van der Waals surface area (Å²) in [5.41, 5.74) is 2.38. The molecule has 0 amide bonds. The minimum atomic E-state index is -3.69. The van der Waals surface area contributed by atoms with Crippen LogP contribution in [0.15, 0.2) is 41.7 Å². The van der Waals surface area contributed by atoms with E-state index in [1.807, 2.05) is 0 Å². The van der Waals surface area contributed by atoms with E-state index in [-0.39, 0.29) is 23.8 Å². The van der Waals surface area contributed by atoms with Gasteiger partial charge in [-0.1, -0.05) is 12.1 Å². The molecule has 0 aliphatic rings. The lowest BCUT2D eigenvalue weighted by molar-refractivity contribution is 0.563. The second-order valence-electron chi connectivity index (χ2n) is 6.97. The average molecular weight is 444 g/mol. The molecule has 0 radical (unpaired) electrons. The predicted molar refractivity (Wildman–Crippen MR) is 112 cm³/mol. The molecule has 0 saturated heterocycles. The molecule has 31 heavy (non-hydrogen) atoms. The van der Waals surface area contributed by atoms with Gasteiger partial charge >= 0.3 is 0 Å². The van der Waals surface area contributed by atoms with E-state index in [0.717, 1.165) is 5.56 Å². The van der Waals surface area contributed by atoms with E-state index in [2.05, 4.69) is 35.3 Å². The minimum absolute atomic E-state index is 0.130. The van der Waals surface area contributed by atoms with Crippen molar-refractivity contribution in [2.24, 2.45) is 0 Å². The number of sulfonamides is 1. The van der Waals surface area contributed by atoms with E-state index in [4.69, 9.17) is 0 Å². The Kier molecular flexibility index (Phi) is 5.65. The maximum atomic E-state index is 13.1. The summed E-state index contributed by atoms with van der Waals surface area (Å²) in [6.07, 6.45) is 3.04. The van der Waals surface area contributed by atoms with Crippen LogP contribution in [0.3, 0.4) is 0 Å². The zero-order valence-electron chi connectivity index (χ0n) is 16.9. The van der Waals surface area contributed by atoms with Crippen LogP contribution in [0.5, 0.6) is 0 Å². The van der Waals surface area contributed by atoms with Crippen molar-refractivity contribution in [1.82, 2.24) is 34.7 Å². The van der Waals surface area contributed by atoms with Gasteiger partial charge in [0.2, 0.25) is 10.0 Å². The summed E-state index contributed by atoms with van der Waals surface area (Å²) < 4.78 is 42.4. The van der Waals surface area contributed by atoms with E-state index in [0.29, 0.717) is 34.8 Å². The zero-order valence-corrected chi connectivity index (χ0v) is 17.7. The van der Waals surface area contributed by atoms with E-state index in [1.165, 1.54) is 18.5 Å². The molecule has 0 saturated carbocycles.